The van der Waals surface area contributed by atoms with E-state index in [2.05, 4.69) is 15.3 Å². The summed E-state index contributed by atoms with van der Waals surface area (Å²) in [6.45, 7) is 0.434. The van der Waals surface area contributed by atoms with Crippen LogP contribution in [0.1, 0.15) is 15.9 Å². The van der Waals surface area contributed by atoms with Gasteiger partial charge in [-0.2, -0.15) is 4.98 Å². The van der Waals surface area contributed by atoms with Crippen molar-refractivity contribution < 1.29 is 13.2 Å². The van der Waals surface area contributed by atoms with Gasteiger partial charge in [0.05, 0.1) is 18.5 Å². The highest BCUT2D eigenvalue weighted by atomic mass is 32.2. The number of sulfonamides is 1. The number of aromatic nitrogens is 3. The van der Waals surface area contributed by atoms with Crippen molar-refractivity contribution in [3.8, 4) is 0 Å². The van der Waals surface area contributed by atoms with E-state index >= 15 is 0 Å². The Labute approximate surface area is 185 Å². The Morgan fingerprint density at radius 1 is 1.12 bits per heavy atom. The van der Waals surface area contributed by atoms with Crippen LogP contribution >= 0.6 is 0 Å². The quantitative estimate of drug-likeness (QED) is 0.446. The first kappa shape index (κ1) is 21.3. The minimum Gasteiger partial charge on any atom is -0.366 e. The standard InChI is InChI=1S/C22H22N6O3S/c1-27(32(2,30)31)19-6-4-3-5-17(19)14-28-12-11-16-13-24-22(26-21(16)28)25-18-9-7-15(8-10-18)20(23)29/h3-13H,14H2,1-2H3,(H2,23,29)(H,24,25,26). The second-order valence-electron chi connectivity index (χ2n) is 7.34. The van der Waals surface area contributed by atoms with Crippen molar-refractivity contribution in [2.24, 2.45) is 5.73 Å². The van der Waals surface area contributed by atoms with Gasteiger partial charge < -0.3 is 15.6 Å². The number of carbonyl (C=O) groups excluding carboxylic acids is 1. The summed E-state index contributed by atoms with van der Waals surface area (Å²) < 4.78 is 27.3. The maximum atomic E-state index is 12.0. The third kappa shape index (κ3) is 4.40. The van der Waals surface area contributed by atoms with E-state index in [9.17, 15) is 13.2 Å². The first-order chi connectivity index (χ1) is 15.2. The van der Waals surface area contributed by atoms with E-state index in [1.54, 1.807) is 36.5 Å². The fraction of sp³-hybridized carbons (Fsp3) is 0.136. The predicted molar refractivity (Wildman–Crippen MR) is 125 cm³/mol. The zero-order valence-corrected chi connectivity index (χ0v) is 18.4. The molecule has 0 unspecified atom stereocenters. The van der Waals surface area contributed by atoms with Gasteiger partial charge in [-0.05, 0) is 42.0 Å². The average Bonchev–Trinajstić information content (AvgIpc) is 3.15. The van der Waals surface area contributed by atoms with Crippen LogP contribution in [0, 0.1) is 0 Å². The van der Waals surface area contributed by atoms with E-state index in [1.165, 1.54) is 17.6 Å². The third-order valence-electron chi connectivity index (χ3n) is 5.10. The molecular formula is C22H22N6O3S. The van der Waals surface area contributed by atoms with Crippen LogP contribution in [0.15, 0.2) is 67.0 Å². The van der Waals surface area contributed by atoms with Crippen molar-refractivity contribution >= 4 is 44.3 Å². The van der Waals surface area contributed by atoms with Gasteiger partial charge in [-0.1, -0.05) is 18.2 Å². The minimum absolute atomic E-state index is 0.394. The number of anilines is 3. The number of nitrogens with one attached hydrogen (secondary N) is 1. The van der Waals surface area contributed by atoms with Crippen molar-refractivity contribution in [2.75, 3.05) is 22.9 Å². The van der Waals surface area contributed by atoms with Crippen LogP contribution in [0.4, 0.5) is 17.3 Å². The Morgan fingerprint density at radius 3 is 2.53 bits per heavy atom. The number of fused-ring (bicyclic) bond motifs is 1. The summed E-state index contributed by atoms with van der Waals surface area (Å²) in [6, 6.07) is 16.0. The highest BCUT2D eigenvalue weighted by Gasteiger charge is 2.16. The molecule has 2 heterocycles. The molecule has 4 aromatic rings. The van der Waals surface area contributed by atoms with E-state index in [0.717, 1.165) is 10.9 Å². The SMILES string of the molecule is CN(c1ccccc1Cn1ccc2cnc(Nc3ccc(C(N)=O)cc3)nc21)S(C)(=O)=O. The summed E-state index contributed by atoms with van der Waals surface area (Å²) in [5.41, 5.74) is 8.56. The fourth-order valence-corrected chi connectivity index (χ4v) is 3.85. The molecule has 0 aliphatic rings. The summed E-state index contributed by atoms with van der Waals surface area (Å²) in [5.74, 6) is -0.0975. The molecule has 0 radical (unpaired) electrons. The molecule has 4 rings (SSSR count). The molecule has 10 heteroatoms. The van der Waals surface area contributed by atoms with Crippen LogP contribution in [0.3, 0.4) is 0 Å². The monoisotopic (exact) mass is 450 g/mol. The number of primary amides is 1. The molecule has 1 amide bonds. The Hall–Kier alpha value is -3.92. The number of amides is 1. The molecule has 3 N–H and O–H groups in total. The lowest BCUT2D eigenvalue weighted by Crippen LogP contribution is -2.26. The molecule has 0 aliphatic heterocycles. The largest absolute Gasteiger partial charge is 0.366 e. The third-order valence-corrected chi connectivity index (χ3v) is 6.29. The zero-order valence-electron chi connectivity index (χ0n) is 17.6. The molecule has 0 saturated carbocycles. The Morgan fingerprint density at radius 2 is 1.84 bits per heavy atom. The molecule has 0 fully saturated rings. The van der Waals surface area contributed by atoms with Gasteiger partial charge in [-0.15, -0.1) is 0 Å². The molecule has 0 atom stereocenters. The van der Waals surface area contributed by atoms with Crippen LogP contribution in [0.5, 0.6) is 0 Å². The molecular weight excluding hydrogens is 428 g/mol. The lowest BCUT2D eigenvalue weighted by atomic mass is 10.2. The molecule has 0 bridgehead atoms. The lowest BCUT2D eigenvalue weighted by Gasteiger charge is -2.20. The molecule has 32 heavy (non-hydrogen) atoms. The summed E-state index contributed by atoms with van der Waals surface area (Å²) in [4.78, 5) is 20.2. The van der Waals surface area contributed by atoms with E-state index < -0.39 is 15.9 Å². The predicted octanol–water partition coefficient (Wildman–Crippen LogP) is 2.72. The zero-order chi connectivity index (χ0) is 22.9. The lowest BCUT2D eigenvalue weighted by molar-refractivity contribution is 0.100. The number of carbonyl (C=O) groups is 1. The summed E-state index contributed by atoms with van der Waals surface area (Å²) in [7, 11) is -1.85. The number of hydrogen-bond acceptors (Lipinski definition) is 6. The second-order valence-corrected chi connectivity index (χ2v) is 9.36. The molecule has 9 nitrogen and oxygen atoms in total. The topological polar surface area (TPSA) is 123 Å². The van der Waals surface area contributed by atoms with Crippen molar-refractivity contribution in [3.05, 3.63) is 78.1 Å². The summed E-state index contributed by atoms with van der Waals surface area (Å²) >= 11 is 0. The van der Waals surface area contributed by atoms with Crippen molar-refractivity contribution in [3.63, 3.8) is 0 Å². The van der Waals surface area contributed by atoms with E-state index in [-0.39, 0.29) is 0 Å². The first-order valence-corrected chi connectivity index (χ1v) is 11.6. The minimum atomic E-state index is -3.39. The molecule has 0 saturated heterocycles. The second kappa shape index (κ2) is 8.31. The molecule has 0 spiro atoms. The fourth-order valence-electron chi connectivity index (χ4n) is 3.32. The Kier molecular flexibility index (Phi) is 5.54. The number of nitrogens with zero attached hydrogens (tertiary/aromatic N) is 4. The summed E-state index contributed by atoms with van der Waals surface area (Å²) in [5, 5.41) is 3.97. The number of para-hydroxylation sites is 1. The van der Waals surface area contributed by atoms with Crippen LogP contribution in [0.2, 0.25) is 0 Å². The smallest absolute Gasteiger partial charge is 0.248 e. The number of rotatable bonds is 7. The van der Waals surface area contributed by atoms with Crippen LogP contribution < -0.4 is 15.4 Å². The van der Waals surface area contributed by atoms with Gasteiger partial charge in [0.2, 0.25) is 21.9 Å². The van der Waals surface area contributed by atoms with Gasteiger partial charge in [0.15, 0.2) is 0 Å². The number of nitrogens with two attached hydrogens (primary N) is 1. The molecule has 164 valence electrons. The molecule has 0 aliphatic carbocycles. The normalized spacial score (nSPS) is 11.4. The number of hydrogen-bond donors (Lipinski definition) is 2. The van der Waals surface area contributed by atoms with Crippen LogP contribution in [-0.2, 0) is 16.6 Å². The first-order valence-electron chi connectivity index (χ1n) is 9.73. The van der Waals surface area contributed by atoms with E-state index in [4.69, 9.17) is 5.73 Å². The van der Waals surface area contributed by atoms with Gasteiger partial charge in [0.25, 0.3) is 0 Å². The Bertz CT molecular complexity index is 1400. The van der Waals surface area contributed by atoms with Gasteiger partial charge in [-0.3, -0.25) is 9.10 Å². The van der Waals surface area contributed by atoms with Crippen LogP contribution in [-0.4, -0.2) is 42.2 Å². The maximum Gasteiger partial charge on any atom is 0.248 e. The van der Waals surface area contributed by atoms with E-state index in [1.807, 2.05) is 35.0 Å². The van der Waals surface area contributed by atoms with Gasteiger partial charge >= 0.3 is 0 Å². The number of benzene rings is 2. The van der Waals surface area contributed by atoms with Gasteiger partial charge in [0, 0.05) is 36.1 Å². The molecule has 2 aromatic heterocycles. The van der Waals surface area contributed by atoms with Gasteiger partial charge in [-0.25, -0.2) is 13.4 Å². The summed E-state index contributed by atoms with van der Waals surface area (Å²) in [6.07, 6.45) is 4.78. The van der Waals surface area contributed by atoms with E-state index in [0.29, 0.717) is 35.1 Å². The van der Waals surface area contributed by atoms with Crippen molar-refractivity contribution in [1.82, 2.24) is 14.5 Å². The highest BCUT2D eigenvalue weighted by molar-refractivity contribution is 7.92. The molecule has 2 aromatic carbocycles. The van der Waals surface area contributed by atoms with Crippen LogP contribution in [0.25, 0.3) is 11.0 Å². The average molecular weight is 451 g/mol. The highest BCUT2D eigenvalue weighted by Crippen LogP contribution is 2.25. The van der Waals surface area contributed by atoms with Crippen molar-refractivity contribution in [2.45, 2.75) is 6.54 Å². The maximum absolute atomic E-state index is 12.0. The Balaban J connectivity index is 1.64. The van der Waals surface area contributed by atoms with Gasteiger partial charge in [0.1, 0.15) is 5.65 Å². The van der Waals surface area contributed by atoms with Crippen molar-refractivity contribution in [1.29, 1.82) is 0 Å².